The van der Waals surface area contributed by atoms with Crippen LogP contribution in [0.5, 0.6) is 0 Å². The number of amides is 1. The first-order chi connectivity index (χ1) is 6.77. The number of ether oxygens (including phenoxy) is 1. The predicted octanol–water partition coefficient (Wildman–Crippen LogP) is 1.56. The van der Waals surface area contributed by atoms with Crippen LogP contribution < -0.4 is 5.32 Å². The van der Waals surface area contributed by atoms with Crippen LogP contribution in [0.15, 0.2) is 21.4 Å². The van der Waals surface area contributed by atoms with Crippen molar-refractivity contribution in [3.63, 3.8) is 0 Å². The lowest BCUT2D eigenvalue weighted by Crippen LogP contribution is -2.34. The molecule has 2 rings (SSSR count). The van der Waals surface area contributed by atoms with E-state index in [1.807, 2.05) is 0 Å². The molecule has 0 aromatic carbocycles. The largest absolute Gasteiger partial charge is 0.457 e. The van der Waals surface area contributed by atoms with Crippen LogP contribution in [0, 0.1) is 0 Å². The molecule has 2 heterocycles. The van der Waals surface area contributed by atoms with Crippen LogP contribution in [-0.2, 0) is 4.74 Å². The molecule has 1 aromatic rings. The summed E-state index contributed by atoms with van der Waals surface area (Å²) in [7, 11) is 0. The summed E-state index contributed by atoms with van der Waals surface area (Å²) in [5.41, 5.74) is 0.525. The normalized spacial score (nSPS) is 21.1. The van der Waals surface area contributed by atoms with Gasteiger partial charge in [-0.15, -0.1) is 0 Å². The molecule has 1 N–H and O–H groups in total. The average molecular weight is 260 g/mol. The molecule has 1 saturated heterocycles. The third-order valence-electron chi connectivity index (χ3n) is 2.13. The zero-order valence-electron chi connectivity index (χ0n) is 7.46. The molecule has 1 atom stereocenters. The second kappa shape index (κ2) is 4.14. The van der Waals surface area contributed by atoms with Crippen molar-refractivity contribution in [2.24, 2.45) is 0 Å². The Morgan fingerprint density at radius 3 is 3.07 bits per heavy atom. The number of carbonyl (C=O) groups is 1. The second-order valence-electron chi connectivity index (χ2n) is 3.14. The monoisotopic (exact) mass is 259 g/mol. The minimum atomic E-state index is -0.124. The fourth-order valence-corrected chi connectivity index (χ4v) is 1.79. The highest BCUT2D eigenvalue weighted by molar-refractivity contribution is 9.10. The van der Waals surface area contributed by atoms with E-state index in [1.165, 1.54) is 6.26 Å². The molecule has 1 amide bonds. The van der Waals surface area contributed by atoms with E-state index in [4.69, 9.17) is 9.15 Å². The summed E-state index contributed by atoms with van der Waals surface area (Å²) < 4.78 is 10.6. The summed E-state index contributed by atoms with van der Waals surface area (Å²) >= 11 is 3.16. The summed E-state index contributed by atoms with van der Waals surface area (Å²) in [6, 6.07) is 1.76. The third kappa shape index (κ3) is 1.99. The smallest absolute Gasteiger partial charge is 0.256 e. The molecule has 1 aliphatic heterocycles. The molecule has 76 valence electrons. The summed E-state index contributed by atoms with van der Waals surface area (Å²) in [6.45, 7) is 1.32. The van der Waals surface area contributed by atoms with Gasteiger partial charge in [0.05, 0.1) is 24.5 Å². The van der Waals surface area contributed by atoms with E-state index in [0.717, 1.165) is 13.0 Å². The van der Waals surface area contributed by atoms with E-state index in [9.17, 15) is 4.79 Å². The number of nitrogens with one attached hydrogen (secondary N) is 1. The SMILES string of the molecule is O=C(NC1CCOC1)c1ccoc1Br. The van der Waals surface area contributed by atoms with Gasteiger partial charge >= 0.3 is 0 Å². The fraction of sp³-hybridized carbons (Fsp3) is 0.444. The van der Waals surface area contributed by atoms with Crippen LogP contribution >= 0.6 is 15.9 Å². The van der Waals surface area contributed by atoms with Gasteiger partial charge in [0.2, 0.25) is 0 Å². The Bertz CT molecular complexity index is 331. The molecule has 0 spiro atoms. The molecule has 4 nitrogen and oxygen atoms in total. The van der Waals surface area contributed by atoms with Gasteiger partial charge in [-0.25, -0.2) is 0 Å². The standard InChI is InChI=1S/C9H10BrNO3/c10-8-7(2-4-14-8)9(12)11-6-1-3-13-5-6/h2,4,6H,1,3,5H2,(H,11,12). The van der Waals surface area contributed by atoms with Gasteiger partial charge in [-0.05, 0) is 28.4 Å². The molecule has 1 fully saturated rings. The molecular formula is C9H10BrNO3. The number of hydrogen-bond donors (Lipinski definition) is 1. The van der Waals surface area contributed by atoms with Gasteiger partial charge in [0.25, 0.3) is 5.91 Å². The Morgan fingerprint density at radius 2 is 2.50 bits per heavy atom. The Labute approximate surface area is 89.7 Å². The number of hydrogen-bond acceptors (Lipinski definition) is 3. The minimum Gasteiger partial charge on any atom is -0.457 e. The zero-order chi connectivity index (χ0) is 9.97. The summed E-state index contributed by atoms with van der Waals surface area (Å²) in [5, 5.41) is 2.87. The molecule has 0 aliphatic carbocycles. The molecule has 5 heteroatoms. The summed E-state index contributed by atoms with van der Waals surface area (Å²) in [5.74, 6) is -0.124. The minimum absolute atomic E-state index is 0.124. The molecule has 1 unspecified atom stereocenters. The first-order valence-electron chi connectivity index (χ1n) is 4.39. The molecule has 1 aromatic heterocycles. The summed E-state index contributed by atoms with van der Waals surface area (Å²) in [4.78, 5) is 11.6. The first kappa shape index (κ1) is 9.73. The quantitative estimate of drug-likeness (QED) is 0.877. The number of halogens is 1. The Kier molecular flexibility index (Phi) is 2.88. The van der Waals surface area contributed by atoms with Gasteiger partial charge in [-0.1, -0.05) is 0 Å². The maximum absolute atomic E-state index is 11.6. The lowest BCUT2D eigenvalue weighted by Gasteiger charge is -2.09. The average Bonchev–Trinajstić information content (AvgIpc) is 2.75. The Balaban J connectivity index is 1.98. The fourth-order valence-electron chi connectivity index (χ4n) is 1.37. The van der Waals surface area contributed by atoms with E-state index in [2.05, 4.69) is 21.2 Å². The Morgan fingerprint density at radius 1 is 1.64 bits per heavy atom. The first-order valence-corrected chi connectivity index (χ1v) is 5.18. The number of rotatable bonds is 2. The van der Waals surface area contributed by atoms with Crippen molar-refractivity contribution < 1.29 is 13.9 Å². The third-order valence-corrected chi connectivity index (χ3v) is 2.74. The van der Waals surface area contributed by atoms with E-state index in [-0.39, 0.29) is 11.9 Å². The van der Waals surface area contributed by atoms with Crippen molar-refractivity contribution in [1.29, 1.82) is 0 Å². The molecule has 0 radical (unpaired) electrons. The van der Waals surface area contributed by atoms with Crippen LogP contribution in [0.4, 0.5) is 0 Å². The van der Waals surface area contributed by atoms with Crippen LogP contribution in [0.1, 0.15) is 16.8 Å². The highest BCUT2D eigenvalue weighted by atomic mass is 79.9. The van der Waals surface area contributed by atoms with Gasteiger partial charge < -0.3 is 14.5 Å². The molecule has 14 heavy (non-hydrogen) atoms. The van der Waals surface area contributed by atoms with Gasteiger partial charge in [0, 0.05) is 6.61 Å². The van der Waals surface area contributed by atoms with Crippen LogP contribution in [0.3, 0.4) is 0 Å². The highest BCUT2D eigenvalue weighted by Gasteiger charge is 2.20. The highest BCUT2D eigenvalue weighted by Crippen LogP contribution is 2.17. The maximum atomic E-state index is 11.6. The molecule has 0 bridgehead atoms. The van der Waals surface area contributed by atoms with Gasteiger partial charge in [-0.2, -0.15) is 0 Å². The van der Waals surface area contributed by atoms with Crippen molar-refractivity contribution >= 4 is 21.8 Å². The second-order valence-corrected chi connectivity index (χ2v) is 3.86. The predicted molar refractivity (Wildman–Crippen MR) is 53.1 cm³/mol. The lowest BCUT2D eigenvalue weighted by molar-refractivity contribution is 0.0928. The summed E-state index contributed by atoms with van der Waals surface area (Å²) in [6.07, 6.45) is 2.35. The van der Waals surface area contributed by atoms with Crippen molar-refractivity contribution in [2.45, 2.75) is 12.5 Å². The molecular weight excluding hydrogens is 250 g/mol. The van der Waals surface area contributed by atoms with Crippen molar-refractivity contribution in [2.75, 3.05) is 13.2 Å². The van der Waals surface area contributed by atoms with E-state index >= 15 is 0 Å². The van der Waals surface area contributed by atoms with Gasteiger partial charge in [0.1, 0.15) is 0 Å². The van der Waals surface area contributed by atoms with Gasteiger partial charge in [-0.3, -0.25) is 4.79 Å². The van der Waals surface area contributed by atoms with Crippen LogP contribution in [-0.4, -0.2) is 25.2 Å². The maximum Gasteiger partial charge on any atom is 0.256 e. The lowest BCUT2D eigenvalue weighted by atomic mass is 10.2. The van der Waals surface area contributed by atoms with Crippen molar-refractivity contribution in [3.8, 4) is 0 Å². The van der Waals surface area contributed by atoms with E-state index in [0.29, 0.717) is 16.8 Å². The van der Waals surface area contributed by atoms with E-state index in [1.54, 1.807) is 6.07 Å². The molecule has 1 aliphatic rings. The van der Waals surface area contributed by atoms with Crippen LogP contribution in [0.25, 0.3) is 0 Å². The number of carbonyl (C=O) groups excluding carboxylic acids is 1. The van der Waals surface area contributed by atoms with Crippen molar-refractivity contribution in [1.82, 2.24) is 5.32 Å². The van der Waals surface area contributed by atoms with Crippen molar-refractivity contribution in [3.05, 3.63) is 22.6 Å². The van der Waals surface area contributed by atoms with E-state index < -0.39 is 0 Å². The topological polar surface area (TPSA) is 51.5 Å². The zero-order valence-corrected chi connectivity index (χ0v) is 9.04. The molecule has 0 saturated carbocycles. The van der Waals surface area contributed by atoms with Crippen LogP contribution in [0.2, 0.25) is 0 Å². The van der Waals surface area contributed by atoms with Gasteiger partial charge in [0.15, 0.2) is 4.67 Å². The Hall–Kier alpha value is -0.810. The number of furan rings is 1.